The van der Waals surface area contributed by atoms with Crippen LogP contribution in [0.25, 0.3) is 0 Å². The largest absolute Gasteiger partial charge is 0.393 e. The molecule has 4 heteroatoms. The van der Waals surface area contributed by atoms with Gasteiger partial charge >= 0.3 is 0 Å². The predicted molar refractivity (Wildman–Crippen MR) is 184 cm³/mol. The number of Topliss-reactive ketones (excluding diaryl/α,β-unsaturated/α-hetero) is 1. The molecule has 4 nitrogen and oxygen atoms in total. The Morgan fingerprint density at radius 2 is 1.27 bits per heavy atom. The number of aliphatic hydroxyl groups is 2. The molecule has 0 aliphatic heterocycles. The molecular weight excluding hydrogens is 544 g/mol. The number of carbonyl (C=O) groups is 2. The molecule has 0 aromatic carbocycles. The van der Waals surface area contributed by atoms with E-state index in [1.807, 2.05) is 115 Å². The molecule has 2 aliphatic rings. The van der Waals surface area contributed by atoms with Crippen LogP contribution >= 0.6 is 0 Å². The summed E-state index contributed by atoms with van der Waals surface area (Å²) in [4.78, 5) is 25.1. The van der Waals surface area contributed by atoms with E-state index in [2.05, 4.69) is 25.7 Å². The molecule has 236 valence electrons. The van der Waals surface area contributed by atoms with Crippen molar-refractivity contribution in [3.63, 3.8) is 0 Å². The summed E-state index contributed by atoms with van der Waals surface area (Å²) in [6.07, 6.45) is 23.7. The summed E-state index contributed by atoms with van der Waals surface area (Å²) in [5.41, 5.74) is 4.33. The molecule has 2 N–H and O–H groups in total. The lowest BCUT2D eigenvalue weighted by atomic mass is 9.66. The standard InChI is InChI=1S/C40H52O4/c1-28(17-13-19-30(3)21-23-34-32(5)37(44)35(42)27-38(34,6)7)15-11-12-16-29(2)18-14-20-31(4)22-24-36(43)40(10)26-33(41)25-39(40,8)9/h11-20,22,24,33,35,41-42H,25-27H2,1-10H3/b12-11+,17-13+,18-14+,24-22+,28-15+,29-16+,30-19+,31-20+/t33-,35+,40-/m1/s1. The van der Waals surface area contributed by atoms with E-state index in [-0.39, 0.29) is 22.4 Å². The van der Waals surface area contributed by atoms with Crippen molar-refractivity contribution in [2.45, 2.75) is 101 Å². The van der Waals surface area contributed by atoms with Gasteiger partial charge in [-0.1, -0.05) is 130 Å². The van der Waals surface area contributed by atoms with Crippen LogP contribution in [0.4, 0.5) is 0 Å². The minimum Gasteiger partial charge on any atom is -0.393 e. The lowest BCUT2D eigenvalue weighted by Crippen LogP contribution is -2.36. The van der Waals surface area contributed by atoms with E-state index in [0.29, 0.717) is 24.8 Å². The summed E-state index contributed by atoms with van der Waals surface area (Å²) in [7, 11) is 0. The zero-order valence-electron chi connectivity index (χ0n) is 28.4. The second-order valence-corrected chi connectivity index (χ2v) is 13.9. The van der Waals surface area contributed by atoms with Crippen LogP contribution in [-0.4, -0.2) is 34.0 Å². The summed E-state index contributed by atoms with van der Waals surface area (Å²) in [5.74, 6) is 6.18. The predicted octanol–water partition coefficient (Wildman–Crippen LogP) is 8.43. The molecule has 0 aromatic rings. The zero-order chi connectivity index (χ0) is 33.3. The Hall–Kier alpha value is -3.52. The van der Waals surface area contributed by atoms with Crippen molar-refractivity contribution in [3.8, 4) is 11.8 Å². The number of rotatable bonds is 9. The summed E-state index contributed by atoms with van der Waals surface area (Å²) in [6, 6.07) is 0. The van der Waals surface area contributed by atoms with Gasteiger partial charge in [0.15, 0.2) is 11.6 Å². The van der Waals surface area contributed by atoms with Crippen LogP contribution in [-0.2, 0) is 9.59 Å². The molecule has 1 fully saturated rings. The topological polar surface area (TPSA) is 74.6 Å². The van der Waals surface area contributed by atoms with Crippen LogP contribution in [0.15, 0.2) is 106 Å². The molecule has 1 saturated carbocycles. The average molecular weight is 597 g/mol. The first-order chi connectivity index (χ1) is 20.4. The van der Waals surface area contributed by atoms with Crippen LogP contribution < -0.4 is 0 Å². The molecule has 44 heavy (non-hydrogen) atoms. The molecule has 0 unspecified atom stereocenters. The highest BCUT2D eigenvalue weighted by molar-refractivity contribution is 6.01. The van der Waals surface area contributed by atoms with Crippen LogP contribution in [0.5, 0.6) is 0 Å². The highest BCUT2D eigenvalue weighted by Gasteiger charge is 2.52. The number of hydrogen-bond donors (Lipinski definition) is 2. The molecule has 2 rings (SSSR count). The van der Waals surface area contributed by atoms with Gasteiger partial charge in [0, 0.05) is 22.0 Å². The van der Waals surface area contributed by atoms with Crippen LogP contribution in [0.2, 0.25) is 0 Å². The Morgan fingerprint density at radius 1 is 0.750 bits per heavy atom. The maximum absolute atomic E-state index is 12.9. The number of carbonyl (C=O) groups excluding carboxylic acids is 2. The van der Waals surface area contributed by atoms with Crippen molar-refractivity contribution in [1.82, 2.24) is 0 Å². The molecule has 0 amide bonds. The monoisotopic (exact) mass is 596 g/mol. The normalized spacial score (nSPS) is 26.9. The fraction of sp³-hybridized carbons (Fsp3) is 0.450. The fourth-order valence-corrected chi connectivity index (χ4v) is 5.76. The molecule has 0 spiro atoms. The van der Waals surface area contributed by atoms with Gasteiger partial charge in [-0.15, -0.1) is 0 Å². The van der Waals surface area contributed by atoms with E-state index in [4.69, 9.17) is 0 Å². The smallest absolute Gasteiger partial charge is 0.187 e. The van der Waals surface area contributed by atoms with Crippen molar-refractivity contribution in [2.24, 2.45) is 16.2 Å². The average Bonchev–Trinajstić information content (AvgIpc) is 3.14. The lowest BCUT2D eigenvalue weighted by Gasteiger charge is -2.35. The molecule has 0 heterocycles. The first-order valence-electron chi connectivity index (χ1n) is 15.5. The number of hydrogen-bond acceptors (Lipinski definition) is 4. The van der Waals surface area contributed by atoms with Gasteiger partial charge in [-0.05, 0) is 70.9 Å². The second kappa shape index (κ2) is 15.5. The summed E-state index contributed by atoms with van der Waals surface area (Å²) < 4.78 is 0. The highest BCUT2D eigenvalue weighted by Crippen LogP contribution is 2.53. The minimum absolute atomic E-state index is 0.0719. The van der Waals surface area contributed by atoms with Crippen molar-refractivity contribution in [3.05, 3.63) is 106 Å². The van der Waals surface area contributed by atoms with Gasteiger partial charge in [-0.25, -0.2) is 0 Å². The van der Waals surface area contributed by atoms with Gasteiger partial charge in [0.05, 0.1) is 6.10 Å². The lowest BCUT2D eigenvalue weighted by molar-refractivity contribution is -0.127. The third kappa shape index (κ3) is 10.0. The SMILES string of the molecule is CC1=C(C#C/C(C)=C/C=C/C(C)=C/C=C/C=C(C)/C=C/C=C(C)/C=C/C(=O)[C@@]2(C)C[C@H](O)CC2(C)C)C(C)(C)C[C@H](O)C1=O. The molecule has 3 atom stereocenters. The summed E-state index contributed by atoms with van der Waals surface area (Å²) in [6.45, 7) is 19.8. The van der Waals surface area contributed by atoms with Gasteiger partial charge in [0.25, 0.3) is 0 Å². The van der Waals surface area contributed by atoms with E-state index in [9.17, 15) is 19.8 Å². The van der Waals surface area contributed by atoms with Gasteiger partial charge in [-0.3, -0.25) is 9.59 Å². The maximum Gasteiger partial charge on any atom is 0.187 e. The van der Waals surface area contributed by atoms with Crippen molar-refractivity contribution in [1.29, 1.82) is 0 Å². The Bertz CT molecular complexity index is 1450. The molecule has 0 saturated heterocycles. The fourth-order valence-electron chi connectivity index (χ4n) is 5.76. The molecule has 2 aliphatic carbocycles. The molecular formula is C40H52O4. The van der Waals surface area contributed by atoms with Crippen molar-refractivity contribution < 1.29 is 19.8 Å². The van der Waals surface area contributed by atoms with Crippen LogP contribution in [0, 0.1) is 28.1 Å². The number of aliphatic hydroxyl groups excluding tert-OH is 2. The molecule has 0 radical (unpaired) electrons. The van der Waals surface area contributed by atoms with E-state index < -0.39 is 17.6 Å². The number of ketones is 2. The Morgan fingerprint density at radius 3 is 1.82 bits per heavy atom. The Kier molecular flexibility index (Phi) is 12.9. The van der Waals surface area contributed by atoms with Crippen LogP contribution in [0.1, 0.15) is 88.5 Å². The Balaban J connectivity index is 1.93. The molecule has 0 bridgehead atoms. The van der Waals surface area contributed by atoms with Crippen molar-refractivity contribution >= 4 is 11.6 Å². The van der Waals surface area contributed by atoms with E-state index in [0.717, 1.165) is 27.9 Å². The van der Waals surface area contributed by atoms with E-state index in [1.165, 1.54) is 0 Å². The Labute approximate surface area is 266 Å². The highest BCUT2D eigenvalue weighted by atomic mass is 16.3. The minimum atomic E-state index is -0.941. The second-order valence-electron chi connectivity index (χ2n) is 13.9. The third-order valence-electron chi connectivity index (χ3n) is 8.99. The van der Waals surface area contributed by atoms with Gasteiger partial charge < -0.3 is 10.2 Å². The zero-order valence-corrected chi connectivity index (χ0v) is 28.4. The summed E-state index contributed by atoms with van der Waals surface area (Å²) in [5, 5.41) is 20.1. The third-order valence-corrected chi connectivity index (χ3v) is 8.99. The summed E-state index contributed by atoms with van der Waals surface area (Å²) >= 11 is 0. The van der Waals surface area contributed by atoms with Crippen LogP contribution in [0.3, 0.4) is 0 Å². The van der Waals surface area contributed by atoms with E-state index in [1.54, 1.807) is 13.0 Å². The first-order valence-corrected chi connectivity index (χ1v) is 15.5. The van der Waals surface area contributed by atoms with Crippen molar-refractivity contribution in [2.75, 3.05) is 0 Å². The van der Waals surface area contributed by atoms with Gasteiger partial charge in [0.1, 0.15) is 6.10 Å². The first kappa shape index (κ1) is 36.7. The number of allylic oxidation sites excluding steroid dienone is 17. The van der Waals surface area contributed by atoms with Gasteiger partial charge in [-0.2, -0.15) is 0 Å². The molecule has 0 aromatic heterocycles. The maximum atomic E-state index is 12.9. The quantitative estimate of drug-likeness (QED) is 0.159. The van der Waals surface area contributed by atoms with Gasteiger partial charge in [0.2, 0.25) is 0 Å². The van der Waals surface area contributed by atoms with E-state index >= 15 is 0 Å².